The van der Waals surface area contributed by atoms with Gasteiger partial charge in [0.05, 0.1) is 12.4 Å². The van der Waals surface area contributed by atoms with E-state index in [1.807, 2.05) is 30.3 Å². The van der Waals surface area contributed by atoms with Gasteiger partial charge >= 0.3 is 0 Å². The Labute approximate surface area is 184 Å². The van der Waals surface area contributed by atoms with Crippen LogP contribution in [-0.4, -0.2) is 36.5 Å². The summed E-state index contributed by atoms with van der Waals surface area (Å²) in [7, 11) is 0. The summed E-state index contributed by atoms with van der Waals surface area (Å²) in [6.45, 7) is 9.32. The van der Waals surface area contributed by atoms with Crippen molar-refractivity contribution >= 4 is 18.4 Å². The number of halogens is 1. The van der Waals surface area contributed by atoms with Gasteiger partial charge in [0.1, 0.15) is 0 Å². The number of ether oxygens (including phenoxy) is 2. The molecule has 0 amide bonds. The number of benzene rings is 1. The van der Waals surface area contributed by atoms with E-state index >= 15 is 0 Å². The molecular formula is C22H30ClN5O2. The van der Waals surface area contributed by atoms with Crippen LogP contribution in [0.4, 0.5) is 5.95 Å². The van der Waals surface area contributed by atoms with Gasteiger partial charge in [-0.05, 0) is 50.1 Å². The van der Waals surface area contributed by atoms with Gasteiger partial charge in [0.15, 0.2) is 11.5 Å². The van der Waals surface area contributed by atoms with Gasteiger partial charge in [-0.25, -0.2) is 9.97 Å². The summed E-state index contributed by atoms with van der Waals surface area (Å²) in [4.78, 5) is 11.4. The van der Waals surface area contributed by atoms with Gasteiger partial charge in [0.2, 0.25) is 12.7 Å². The number of fused-ring (bicyclic) bond motifs is 1. The lowest BCUT2D eigenvalue weighted by Crippen LogP contribution is -2.35. The summed E-state index contributed by atoms with van der Waals surface area (Å²) in [5.41, 5.74) is 3.24. The van der Waals surface area contributed by atoms with Crippen LogP contribution in [0.25, 0.3) is 0 Å². The average molecular weight is 432 g/mol. The molecule has 30 heavy (non-hydrogen) atoms. The Kier molecular flexibility index (Phi) is 7.05. The van der Waals surface area contributed by atoms with Gasteiger partial charge in [0, 0.05) is 30.1 Å². The molecule has 1 aromatic heterocycles. The maximum atomic E-state index is 5.45. The van der Waals surface area contributed by atoms with E-state index in [-0.39, 0.29) is 17.8 Å². The summed E-state index contributed by atoms with van der Waals surface area (Å²) in [6.07, 6.45) is 5.96. The van der Waals surface area contributed by atoms with Crippen molar-refractivity contribution in [1.82, 2.24) is 20.6 Å². The smallest absolute Gasteiger partial charge is 0.231 e. The van der Waals surface area contributed by atoms with Gasteiger partial charge in [-0.2, -0.15) is 0 Å². The lowest BCUT2D eigenvalue weighted by molar-refractivity contribution is 0.174. The molecule has 2 aromatic rings. The second-order valence-corrected chi connectivity index (χ2v) is 8.19. The zero-order chi connectivity index (χ0) is 20.3. The molecule has 0 saturated heterocycles. The second kappa shape index (κ2) is 9.53. The van der Waals surface area contributed by atoms with Gasteiger partial charge in [-0.15, -0.1) is 12.4 Å². The Bertz CT molecular complexity index is 903. The van der Waals surface area contributed by atoms with E-state index in [1.165, 1.54) is 5.56 Å². The van der Waals surface area contributed by atoms with Crippen LogP contribution in [0.5, 0.6) is 11.5 Å². The first-order chi connectivity index (χ1) is 14.0. The molecule has 0 atom stereocenters. The van der Waals surface area contributed by atoms with Crippen molar-refractivity contribution in [3.8, 4) is 11.5 Å². The van der Waals surface area contributed by atoms with Crippen LogP contribution in [0.15, 0.2) is 36.7 Å². The molecule has 4 rings (SSSR count). The highest BCUT2D eigenvalue weighted by Gasteiger charge is 2.24. The molecule has 8 heteroatoms. The molecule has 0 radical (unpaired) electrons. The largest absolute Gasteiger partial charge is 0.454 e. The van der Waals surface area contributed by atoms with Crippen LogP contribution in [0.2, 0.25) is 0 Å². The van der Waals surface area contributed by atoms with Crippen molar-refractivity contribution in [2.75, 3.05) is 31.5 Å². The van der Waals surface area contributed by atoms with E-state index < -0.39 is 0 Å². The standard InChI is InChI=1S/C22H29N5O2.ClH/c1-16-11-20(26-21(25-16)27-10-9-24-14-27)22(2,3)13-23-8-4-5-17-6-7-18-19(12-17)29-15-28-18;/h6-7,9-12,23-24H,4-5,8,13-15H2,1-3H3;1H. The number of aromatic nitrogens is 2. The van der Waals surface area contributed by atoms with Crippen molar-refractivity contribution in [2.45, 2.75) is 39.0 Å². The first-order valence-electron chi connectivity index (χ1n) is 10.1. The number of nitrogens with zero attached hydrogens (tertiary/aromatic N) is 3. The third-order valence-corrected chi connectivity index (χ3v) is 5.25. The van der Waals surface area contributed by atoms with Gasteiger partial charge in [-0.1, -0.05) is 19.9 Å². The molecule has 2 aliphatic heterocycles. The van der Waals surface area contributed by atoms with Crippen LogP contribution in [0, 0.1) is 6.92 Å². The number of hydrogen-bond donors (Lipinski definition) is 2. The lowest BCUT2D eigenvalue weighted by atomic mass is 9.88. The van der Waals surface area contributed by atoms with Crippen LogP contribution in [0.3, 0.4) is 0 Å². The topological polar surface area (TPSA) is 71.5 Å². The zero-order valence-electron chi connectivity index (χ0n) is 17.8. The number of aryl methyl sites for hydroxylation is 2. The molecule has 162 valence electrons. The monoisotopic (exact) mass is 431 g/mol. The van der Waals surface area contributed by atoms with E-state index in [0.717, 1.165) is 54.8 Å². The Morgan fingerprint density at radius 2 is 2.00 bits per heavy atom. The predicted molar refractivity (Wildman–Crippen MR) is 120 cm³/mol. The SMILES string of the molecule is Cc1cc(C(C)(C)CNCCCc2ccc3c(c2)OCO3)nc(N2C=CNC2)n1.Cl. The average Bonchev–Trinajstić information content (AvgIpc) is 3.38. The molecule has 3 heterocycles. The van der Waals surface area contributed by atoms with Crippen LogP contribution in [-0.2, 0) is 11.8 Å². The lowest BCUT2D eigenvalue weighted by Gasteiger charge is -2.26. The highest BCUT2D eigenvalue weighted by Crippen LogP contribution is 2.32. The summed E-state index contributed by atoms with van der Waals surface area (Å²) in [5, 5.41) is 6.76. The second-order valence-electron chi connectivity index (χ2n) is 8.19. The predicted octanol–water partition coefficient (Wildman–Crippen LogP) is 3.27. The molecule has 2 N–H and O–H groups in total. The van der Waals surface area contributed by atoms with Crippen molar-refractivity contribution in [3.63, 3.8) is 0 Å². The van der Waals surface area contributed by atoms with E-state index in [9.17, 15) is 0 Å². The number of nitrogens with one attached hydrogen (secondary N) is 2. The van der Waals surface area contributed by atoms with E-state index in [1.54, 1.807) is 0 Å². The Balaban J connectivity index is 0.00000256. The normalized spacial score (nSPS) is 14.6. The van der Waals surface area contributed by atoms with E-state index in [0.29, 0.717) is 13.5 Å². The Morgan fingerprint density at radius 1 is 1.17 bits per heavy atom. The molecule has 1 aromatic carbocycles. The fourth-order valence-electron chi connectivity index (χ4n) is 3.52. The van der Waals surface area contributed by atoms with Crippen molar-refractivity contribution in [1.29, 1.82) is 0 Å². The molecule has 0 fully saturated rings. The van der Waals surface area contributed by atoms with Crippen LogP contribution < -0.4 is 25.0 Å². The fraction of sp³-hybridized carbons (Fsp3) is 0.455. The minimum Gasteiger partial charge on any atom is -0.454 e. The van der Waals surface area contributed by atoms with Crippen LogP contribution in [0.1, 0.15) is 37.2 Å². The van der Waals surface area contributed by atoms with Gasteiger partial charge < -0.3 is 20.1 Å². The van der Waals surface area contributed by atoms with Gasteiger partial charge in [0.25, 0.3) is 0 Å². The Hall–Kier alpha value is -2.51. The molecule has 0 unspecified atom stereocenters. The molecular weight excluding hydrogens is 402 g/mol. The summed E-state index contributed by atoms with van der Waals surface area (Å²) < 4.78 is 10.8. The van der Waals surface area contributed by atoms with E-state index in [4.69, 9.17) is 14.5 Å². The Morgan fingerprint density at radius 3 is 2.80 bits per heavy atom. The van der Waals surface area contributed by atoms with Crippen LogP contribution >= 0.6 is 12.4 Å². The minimum absolute atomic E-state index is 0. The molecule has 0 spiro atoms. The highest BCUT2D eigenvalue weighted by atomic mass is 35.5. The summed E-state index contributed by atoms with van der Waals surface area (Å²) >= 11 is 0. The summed E-state index contributed by atoms with van der Waals surface area (Å²) in [6, 6.07) is 8.28. The maximum absolute atomic E-state index is 5.45. The minimum atomic E-state index is -0.0853. The molecule has 0 aliphatic carbocycles. The first kappa shape index (κ1) is 22.2. The van der Waals surface area contributed by atoms with E-state index in [2.05, 4.69) is 47.7 Å². The number of hydrogen-bond acceptors (Lipinski definition) is 7. The molecule has 7 nitrogen and oxygen atoms in total. The molecule has 0 bridgehead atoms. The maximum Gasteiger partial charge on any atom is 0.231 e. The number of anilines is 1. The summed E-state index contributed by atoms with van der Waals surface area (Å²) in [5.74, 6) is 2.44. The molecule has 2 aliphatic rings. The quantitative estimate of drug-likeness (QED) is 0.621. The first-order valence-corrected chi connectivity index (χ1v) is 10.1. The number of rotatable bonds is 8. The third-order valence-electron chi connectivity index (χ3n) is 5.25. The van der Waals surface area contributed by atoms with Crippen molar-refractivity contribution in [2.24, 2.45) is 0 Å². The fourth-order valence-corrected chi connectivity index (χ4v) is 3.52. The van der Waals surface area contributed by atoms with Crippen molar-refractivity contribution in [3.05, 3.63) is 53.6 Å². The third kappa shape index (κ3) is 5.15. The molecule has 0 saturated carbocycles. The van der Waals surface area contributed by atoms with Crippen molar-refractivity contribution < 1.29 is 9.47 Å². The van der Waals surface area contributed by atoms with Gasteiger partial charge in [-0.3, -0.25) is 4.90 Å². The zero-order valence-corrected chi connectivity index (χ0v) is 18.6. The highest BCUT2D eigenvalue weighted by molar-refractivity contribution is 5.85.